The number of nitrogens with one attached hydrogen (secondary N) is 2. The molecule has 39 heavy (non-hydrogen) atoms. The van der Waals surface area contributed by atoms with E-state index in [4.69, 9.17) is 16.3 Å². The highest BCUT2D eigenvalue weighted by Gasteiger charge is 2.24. The molecule has 0 atom stereocenters. The fourth-order valence-electron chi connectivity index (χ4n) is 4.67. The van der Waals surface area contributed by atoms with Gasteiger partial charge in [-0.1, -0.05) is 23.7 Å². The van der Waals surface area contributed by atoms with E-state index in [-0.39, 0.29) is 21.8 Å². The quantitative estimate of drug-likeness (QED) is 0.333. The summed E-state index contributed by atoms with van der Waals surface area (Å²) in [5.41, 5.74) is 3.60. The number of aromatic nitrogens is 2. The van der Waals surface area contributed by atoms with Gasteiger partial charge < -0.3 is 20.3 Å². The first-order valence-corrected chi connectivity index (χ1v) is 14.9. The number of sulfonamides is 1. The number of hydrogen-bond acceptors (Lipinski definition) is 8. The van der Waals surface area contributed by atoms with Crippen LogP contribution in [0.1, 0.15) is 43.7 Å². The van der Waals surface area contributed by atoms with Crippen LogP contribution in [0.2, 0.25) is 5.02 Å². The number of para-hydroxylation sites is 1. The van der Waals surface area contributed by atoms with Crippen LogP contribution in [-0.2, 0) is 10.0 Å². The number of anilines is 4. The van der Waals surface area contributed by atoms with Crippen LogP contribution in [0.15, 0.2) is 47.5 Å². The number of piperidine rings is 1. The molecule has 2 aromatic carbocycles. The molecule has 0 bridgehead atoms. The van der Waals surface area contributed by atoms with Crippen LogP contribution in [-0.4, -0.2) is 67.9 Å². The minimum absolute atomic E-state index is 0.0166. The van der Waals surface area contributed by atoms with E-state index in [1.165, 1.54) is 37.5 Å². The predicted molar refractivity (Wildman–Crippen MR) is 157 cm³/mol. The maximum Gasteiger partial charge on any atom is 0.244 e. The minimum atomic E-state index is -3.69. The smallest absolute Gasteiger partial charge is 0.244 e. The van der Waals surface area contributed by atoms with Crippen molar-refractivity contribution in [1.82, 2.24) is 19.2 Å². The molecule has 2 N–H and O–H groups in total. The minimum Gasteiger partial charge on any atom is -0.489 e. The summed E-state index contributed by atoms with van der Waals surface area (Å²) in [6.45, 7) is 8.28. The first-order chi connectivity index (χ1) is 18.5. The van der Waals surface area contributed by atoms with E-state index >= 15 is 0 Å². The molecule has 4 rings (SSSR count). The highest BCUT2D eigenvalue weighted by atomic mass is 35.5. The Balaban J connectivity index is 1.65. The molecule has 0 unspecified atom stereocenters. The molecule has 2 heterocycles. The molecule has 1 saturated heterocycles. The number of rotatable bonds is 9. The van der Waals surface area contributed by atoms with E-state index < -0.39 is 10.0 Å². The van der Waals surface area contributed by atoms with Crippen LogP contribution in [0.25, 0.3) is 0 Å². The molecule has 11 heteroatoms. The number of nitrogens with zero attached hydrogens (tertiary/aromatic N) is 4. The molecule has 1 aliphatic heterocycles. The monoisotopic (exact) mass is 572 g/mol. The summed E-state index contributed by atoms with van der Waals surface area (Å²) in [6, 6.07) is 10.8. The number of hydrogen-bond donors (Lipinski definition) is 2. The zero-order valence-electron chi connectivity index (χ0n) is 23.3. The second-order valence-corrected chi connectivity index (χ2v) is 12.9. The summed E-state index contributed by atoms with van der Waals surface area (Å²) < 4.78 is 33.1. The van der Waals surface area contributed by atoms with Crippen LogP contribution in [0, 0.1) is 6.92 Å². The summed E-state index contributed by atoms with van der Waals surface area (Å²) in [5.74, 6) is 1.81. The number of likely N-dealkylation sites (tertiary alicyclic amines) is 1. The van der Waals surface area contributed by atoms with Gasteiger partial charge in [-0.25, -0.2) is 17.7 Å². The Morgan fingerprint density at radius 1 is 1.10 bits per heavy atom. The van der Waals surface area contributed by atoms with Crippen molar-refractivity contribution in [3.05, 3.63) is 58.7 Å². The fourth-order valence-corrected chi connectivity index (χ4v) is 5.85. The zero-order chi connectivity index (χ0) is 28.3. The Labute approximate surface area is 236 Å². The molecule has 1 fully saturated rings. The summed E-state index contributed by atoms with van der Waals surface area (Å²) in [5, 5.41) is 6.62. The highest BCUT2D eigenvalue weighted by Crippen LogP contribution is 2.38. The van der Waals surface area contributed by atoms with Crippen molar-refractivity contribution in [2.75, 3.05) is 44.9 Å². The molecular formula is C28H37ClN6O3S. The van der Waals surface area contributed by atoms with Crippen LogP contribution < -0.4 is 15.4 Å². The average Bonchev–Trinajstić information content (AvgIpc) is 2.88. The summed E-state index contributed by atoms with van der Waals surface area (Å²) >= 11 is 6.42. The lowest BCUT2D eigenvalue weighted by molar-refractivity contribution is 0.241. The van der Waals surface area contributed by atoms with Gasteiger partial charge in [-0.15, -0.1) is 0 Å². The summed E-state index contributed by atoms with van der Waals surface area (Å²) in [7, 11) is 1.45. The van der Waals surface area contributed by atoms with E-state index in [2.05, 4.69) is 51.6 Å². The largest absolute Gasteiger partial charge is 0.489 e. The third-order valence-electron chi connectivity index (χ3n) is 6.78. The second-order valence-electron chi connectivity index (χ2n) is 10.4. The number of halogens is 1. The SMILES string of the molecule is Cc1cc(Nc2ncc(Cl)c(Nc3ccccc3S(=O)(=O)N(C)C)n2)c(OC(C)C)cc1C1CCN(C)CC1. The molecule has 1 aliphatic rings. The Morgan fingerprint density at radius 3 is 2.46 bits per heavy atom. The Kier molecular flexibility index (Phi) is 9.00. The second kappa shape index (κ2) is 12.1. The van der Waals surface area contributed by atoms with Crippen LogP contribution in [0.5, 0.6) is 5.75 Å². The molecular weight excluding hydrogens is 536 g/mol. The number of benzene rings is 2. The van der Waals surface area contributed by atoms with Gasteiger partial charge in [0.15, 0.2) is 5.82 Å². The van der Waals surface area contributed by atoms with Gasteiger partial charge in [0.2, 0.25) is 16.0 Å². The van der Waals surface area contributed by atoms with E-state index in [0.29, 0.717) is 17.6 Å². The Hall–Kier alpha value is -2.92. The van der Waals surface area contributed by atoms with Gasteiger partial charge in [0.1, 0.15) is 15.7 Å². The average molecular weight is 573 g/mol. The van der Waals surface area contributed by atoms with Crippen molar-refractivity contribution in [3.63, 3.8) is 0 Å². The topological polar surface area (TPSA) is 99.7 Å². The third kappa shape index (κ3) is 6.81. The molecule has 0 saturated carbocycles. The maximum atomic E-state index is 12.8. The van der Waals surface area contributed by atoms with Crippen LogP contribution in [0.3, 0.4) is 0 Å². The molecule has 1 aromatic heterocycles. The van der Waals surface area contributed by atoms with Crippen molar-refractivity contribution in [2.24, 2.45) is 0 Å². The fraction of sp³-hybridized carbons (Fsp3) is 0.429. The van der Waals surface area contributed by atoms with Crippen molar-refractivity contribution >= 4 is 44.8 Å². The molecule has 3 aromatic rings. The van der Waals surface area contributed by atoms with Gasteiger partial charge in [0.05, 0.1) is 23.7 Å². The standard InChI is InChI=1S/C28H37ClN6O3S/c1-18(2)38-25-16-21(20-11-13-35(6)14-12-20)19(3)15-24(25)32-28-30-17-22(29)27(33-28)31-23-9-7-8-10-26(23)39(36,37)34(4)5/h7-10,15-18,20H,11-14H2,1-6H3,(H2,30,31,32,33). The van der Waals surface area contributed by atoms with Gasteiger partial charge in [-0.05, 0) is 95.1 Å². The van der Waals surface area contributed by atoms with Crippen molar-refractivity contribution < 1.29 is 13.2 Å². The van der Waals surface area contributed by atoms with Crippen molar-refractivity contribution in [3.8, 4) is 5.75 Å². The Morgan fingerprint density at radius 2 is 1.79 bits per heavy atom. The van der Waals surface area contributed by atoms with Crippen molar-refractivity contribution in [1.29, 1.82) is 0 Å². The first-order valence-electron chi connectivity index (χ1n) is 13.0. The summed E-state index contributed by atoms with van der Waals surface area (Å²) in [4.78, 5) is 11.4. The maximum absolute atomic E-state index is 12.8. The first kappa shape index (κ1) is 29.1. The third-order valence-corrected chi connectivity index (χ3v) is 8.93. The van der Waals surface area contributed by atoms with Gasteiger partial charge in [0, 0.05) is 14.1 Å². The van der Waals surface area contributed by atoms with Gasteiger partial charge >= 0.3 is 0 Å². The van der Waals surface area contributed by atoms with E-state index in [0.717, 1.165) is 41.7 Å². The lowest BCUT2D eigenvalue weighted by Gasteiger charge is -2.30. The number of aryl methyl sites for hydroxylation is 1. The van der Waals surface area contributed by atoms with Gasteiger partial charge in [-0.3, -0.25) is 0 Å². The molecule has 0 radical (unpaired) electrons. The van der Waals surface area contributed by atoms with Crippen LogP contribution >= 0.6 is 11.6 Å². The predicted octanol–water partition coefficient (Wildman–Crippen LogP) is 5.77. The Bertz CT molecular complexity index is 1420. The molecule has 9 nitrogen and oxygen atoms in total. The summed E-state index contributed by atoms with van der Waals surface area (Å²) in [6.07, 6.45) is 3.69. The van der Waals surface area contributed by atoms with E-state index in [1.807, 2.05) is 13.8 Å². The molecule has 0 spiro atoms. The molecule has 0 aliphatic carbocycles. The van der Waals surface area contributed by atoms with Gasteiger partial charge in [-0.2, -0.15) is 4.98 Å². The van der Waals surface area contributed by atoms with E-state index in [9.17, 15) is 8.42 Å². The lowest BCUT2D eigenvalue weighted by atomic mass is 9.86. The van der Waals surface area contributed by atoms with Gasteiger partial charge in [0.25, 0.3) is 0 Å². The zero-order valence-corrected chi connectivity index (χ0v) is 24.9. The molecule has 0 amide bonds. The highest BCUT2D eigenvalue weighted by molar-refractivity contribution is 7.89. The lowest BCUT2D eigenvalue weighted by Crippen LogP contribution is -2.29. The van der Waals surface area contributed by atoms with Crippen molar-refractivity contribution in [2.45, 2.75) is 50.5 Å². The molecule has 210 valence electrons. The normalized spacial score (nSPS) is 15.1. The van der Waals surface area contributed by atoms with E-state index in [1.54, 1.807) is 18.2 Å². The number of ether oxygens (including phenoxy) is 1. The van der Waals surface area contributed by atoms with Crippen LogP contribution in [0.4, 0.5) is 23.1 Å².